The van der Waals surface area contributed by atoms with Gasteiger partial charge in [-0.15, -0.1) is 0 Å². The number of hydrogen-bond acceptors (Lipinski definition) is 3. The molecule has 0 saturated heterocycles. The first kappa shape index (κ1) is 12.8. The number of carboxylic acid groups (broad SMARTS) is 1. The third-order valence-electron chi connectivity index (χ3n) is 3.28. The Morgan fingerprint density at radius 1 is 1.50 bits per heavy atom. The lowest BCUT2D eigenvalue weighted by Crippen LogP contribution is -2.60. The lowest BCUT2D eigenvalue weighted by atomic mass is 9.73. The van der Waals surface area contributed by atoms with Crippen LogP contribution in [0.5, 0.6) is 0 Å². The van der Waals surface area contributed by atoms with Crippen LogP contribution in [-0.4, -0.2) is 29.3 Å². The molecule has 1 saturated carbocycles. The highest BCUT2D eigenvalue weighted by molar-refractivity contribution is 5.84. The Bertz CT molecular complexity index is 279. The van der Waals surface area contributed by atoms with Crippen LogP contribution < -0.4 is 5.32 Å². The zero-order valence-corrected chi connectivity index (χ0v) is 9.78. The van der Waals surface area contributed by atoms with Gasteiger partial charge >= 0.3 is 12.1 Å². The minimum atomic E-state index is -1.15. The number of ether oxygens (including phenoxy) is 1. The predicted octanol–water partition coefficient (Wildman–Crippen LogP) is 1.77. The fraction of sp³-hybridized carbons (Fsp3) is 0.818. The Morgan fingerprint density at radius 2 is 2.19 bits per heavy atom. The average Bonchev–Trinajstić information content (AvgIpc) is 2.21. The fourth-order valence-corrected chi connectivity index (χ4v) is 2.25. The van der Waals surface area contributed by atoms with E-state index in [2.05, 4.69) is 5.32 Å². The summed E-state index contributed by atoms with van der Waals surface area (Å²) in [7, 11) is 0. The monoisotopic (exact) mass is 229 g/mol. The van der Waals surface area contributed by atoms with E-state index in [1.165, 1.54) is 0 Å². The maximum Gasteiger partial charge on any atom is 0.408 e. The van der Waals surface area contributed by atoms with Gasteiger partial charge in [0.05, 0.1) is 6.61 Å². The van der Waals surface area contributed by atoms with Crippen LogP contribution in [0, 0.1) is 5.92 Å². The molecule has 1 rings (SSSR count). The van der Waals surface area contributed by atoms with Crippen LogP contribution in [0.25, 0.3) is 0 Å². The summed E-state index contributed by atoms with van der Waals surface area (Å²) in [6.07, 6.45) is 2.49. The van der Waals surface area contributed by atoms with Crippen LogP contribution in [-0.2, 0) is 9.53 Å². The van der Waals surface area contributed by atoms with Crippen molar-refractivity contribution >= 4 is 12.1 Å². The lowest BCUT2D eigenvalue weighted by Gasteiger charge is -2.39. The molecule has 0 aromatic heterocycles. The van der Waals surface area contributed by atoms with Gasteiger partial charge in [-0.1, -0.05) is 19.8 Å². The molecule has 2 unspecified atom stereocenters. The van der Waals surface area contributed by atoms with Gasteiger partial charge in [0.1, 0.15) is 5.54 Å². The number of amides is 1. The van der Waals surface area contributed by atoms with E-state index in [1.54, 1.807) is 6.92 Å². The van der Waals surface area contributed by atoms with Crippen LogP contribution in [0.3, 0.4) is 0 Å². The molecular weight excluding hydrogens is 210 g/mol. The average molecular weight is 229 g/mol. The standard InChI is InChI=1S/C11H19NO4/c1-3-16-10(15)12-11(9(13)14)7-5-4-6-8(11)2/h8H,3-7H2,1-2H3,(H,12,15)(H,13,14). The van der Waals surface area contributed by atoms with Gasteiger partial charge in [0.2, 0.25) is 0 Å². The predicted molar refractivity (Wildman–Crippen MR) is 58.2 cm³/mol. The van der Waals surface area contributed by atoms with Crippen molar-refractivity contribution in [3.05, 3.63) is 0 Å². The summed E-state index contributed by atoms with van der Waals surface area (Å²) >= 11 is 0. The van der Waals surface area contributed by atoms with Crippen molar-refractivity contribution in [2.45, 2.75) is 45.1 Å². The van der Waals surface area contributed by atoms with Crippen molar-refractivity contribution in [3.63, 3.8) is 0 Å². The first-order valence-corrected chi connectivity index (χ1v) is 5.71. The highest BCUT2D eigenvalue weighted by atomic mass is 16.5. The largest absolute Gasteiger partial charge is 0.479 e. The number of nitrogens with one attached hydrogen (secondary N) is 1. The molecule has 0 aromatic rings. The van der Waals surface area contributed by atoms with Gasteiger partial charge in [0, 0.05) is 0 Å². The smallest absolute Gasteiger partial charge is 0.408 e. The normalized spacial score (nSPS) is 29.5. The van der Waals surface area contributed by atoms with E-state index in [0.29, 0.717) is 6.42 Å². The van der Waals surface area contributed by atoms with E-state index in [1.807, 2.05) is 6.92 Å². The lowest BCUT2D eigenvalue weighted by molar-refractivity contribution is -0.148. The molecule has 2 atom stereocenters. The molecule has 5 nitrogen and oxygen atoms in total. The first-order chi connectivity index (χ1) is 7.53. The first-order valence-electron chi connectivity index (χ1n) is 5.71. The SMILES string of the molecule is CCOC(=O)NC1(C(=O)O)CCCCC1C. The molecule has 0 aliphatic heterocycles. The van der Waals surface area contributed by atoms with E-state index < -0.39 is 17.6 Å². The summed E-state index contributed by atoms with van der Waals surface area (Å²) in [5, 5.41) is 11.8. The van der Waals surface area contributed by atoms with Crippen LogP contribution in [0.1, 0.15) is 39.5 Å². The van der Waals surface area contributed by atoms with Gasteiger partial charge < -0.3 is 15.2 Å². The molecule has 1 fully saturated rings. The van der Waals surface area contributed by atoms with Crippen molar-refractivity contribution in [1.29, 1.82) is 0 Å². The molecule has 1 aliphatic rings. The number of carbonyl (C=O) groups excluding carboxylic acids is 1. The number of alkyl carbamates (subject to hydrolysis) is 1. The van der Waals surface area contributed by atoms with Crippen LogP contribution in [0.15, 0.2) is 0 Å². The van der Waals surface area contributed by atoms with E-state index in [0.717, 1.165) is 19.3 Å². The molecule has 0 radical (unpaired) electrons. The van der Waals surface area contributed by atoms with Gasteiger partial charge in [-0.2, -0.15) is 0 Å². The Balaban J connectivity index is 2.79. The number of carboxylic acids is 1. The maximum atomic E-state index is 11.4. The van der Waals surface area contributed by atoms with Gasteiger partial charge in [0.15, 0.2) is 0 Å². The second kappa shape index (κ2) is 5.18. The molecular formula is C11H19NO4. The van der Waals surface area contributed by atoms with Crippen molar-refractivity contribution in [2.75, 3.05) is 6.61 Å². The summed E-state index contributed by atoms with van der Waals surface area (Å²) in [6.45, 7) is 3.80. The Hall–Kier alpha value is -1.26. The molecule has 0 bridgehead atoms. The highest BCUT2D eigenvalue weighted by Crippen LogP contribution is 2.33. The van der Waals surface area contributed by atoms with Crippen LogP contribution in [0.4, 0.5) is 4.79 Å². The topological polar surface area (TPSA) is 75.6 Å². The zero-order valence-electron chi connectivity index (χ0n) is 9.78. The third-order valence-corrected chi connectivity index (χ3v) is 3.28. The second-order valence-corrected chi connectivity index (χ2v) is 4.27. The van der Waals surface area contributed by atoms with Gasteiger partial charge in [-0.3, -0.25) is 0 Å². The van der Waals surface area contributed by atoms with Crippen LogP contribution >= 0.6 is 0 Å². The van der Waals surface area contributed by atoms with Gasteiger partial charge in [-0.25, -0.2) is 9.59 Å². The number of rotatable bonds is 3. The summed E-state index contributed by atoms with van der Waals surface area (Å²) in [5.74, 6) is -1.03. The minimum Gasteiger partial charge on any atom is -0.479 e. The summed E-state index contributed by atoms with van der Waals surface area (Å²) in [5.41, 5.74) is -1.15. The molecule has 0 heterocycles. The number of aliphatic carboxylic acids is 1. The van der Waals surface area contributed by atoms with Gasteiger partial charge in [-0.05, 0) is 25.7 Å². The quantitative estimate of drug-likeness (QED) is 0.773. The van der Waals surface area contributed by atoms with E-state index in [9.17, 15) is 14.7 Å². The third kappa shape index (κ3) is 2.46. The second-order valence-electron chi connectivity index (χ2n) is 4.27. The van der Waals surface area contributed by atoms with Crippen molar-refractivity contribution in [2.24, 2.45) is 5.92 Å². The fourth-order valence-electron chi connectivity index (χ4n) is 2.25. The highest BCUT2D eigenvalue weighted by Gasteiger charge is 2.46. The van der Waals surface area contributed by atoms with Crippen molar-refractivity contribution in [1.82, 2.24) is 5.32 Å². The van der Waals surface area contributed by atoms with Crippen molar-refractivity contribution in [3.8, 4) is 0 Å². The molecule has 1 aliphatic carbocycles. The zero-order chi connectivity index (χ0) is 12.2. The van der Waals surface area contributed by atoms with Crippen molar-refractivity contribution < 1.29 is 19.4 Å². The molecule has 0 spiro atoms. The Morgan fingerprint density at radius 3 is 2.69 bits per heavy atom. The van der Waals surface area contributed by atoms with E-state index >= 15 is 0 Å². The van der Waals surface area contributed by atoms with E-state index in [-0.39, 0.29) is 12.5 Å². The van der Waals surface area contributed by atoms with Gasteiger partial charge in [0.25, 0.3) is 0 Å². The molecule has 5 heteroatoms. The Labute approximate surface area is 95.2 Å². The maximum absolute atomic E-state index is 11.4. The van der Waals surface area contributed by atoms with Crippen LogP contribution in [0.2, 0.25) is 0 Å². The summed E-state index contributed by atoms with van der Waals surface area (Å²) < 4.78 is 4.75. The molecule has 0 aromatic carbocycles. The summed E-state index contributed by atoms with van der Waals surface area (Å²) in [4.78, 5) is 22.7. The number of hydrogen-bond donors (Lipinski definition) is 2. The summed E-state index contributed by atoms with van der Waals surface area (Å²) in [6, 6.07) is 0. The molecule has 1 amide bonds. The Kier molecular flexibility index (Phi) is 4.15. The molecule has 16 heavy (non-hydrogen) atoms. The van der Waals surface area contributed by atoms with E-state index in [4.69, 9.17) is 4.74 Å². The minimum absolute atomic E-state index is 0.0665. The molecule has 92 valence electrons. The molecule has 2 N–H and O–H groups in total. The number of carbonyl (C=O) groups is 2.